The second-order valence-corrected chi connectivity index (χ2v) is 6.97. The van der Waals surface area contributed by atoms with Crippen LogP contribution in [0.5, 0.6) is 5.75 Å². The maximum Gasteiger partial charge on any atom is 0.251 e. The van der Waals surface area contributed by atoms with Crippen LogP contribution in [-0.4, -0.2) is 68.1 Å². The molecular formula is C19H29N3O2. The summed E-state index contributed by atoms with van der Waals surface area (Å²) >= 11 is 0. The van der Waals surface area contributed by atoms with Gasteiger partial charge in [-0.05, 0) is 36.2 Å². The van der Waals surface area contributed by atoms with Gasteiger partial charge in [-0.3, -0.25) is 4.79 Å². The number of ether oxygens (including phenoxy) is 1. The third-order valence-electron chi connectivity index (χ3n) is 5.04. The maximum atomic E-state index is 12.4. The minimum absolute atomic E-state index is 0.0207. The molecule has 1 aromatic rings. The number of carbonyl (C=O) groups excluding carboxylic acids is 1. The summed E-state index contributed by atoms with van der Waals surface area (Å²) in [5.74, 6) is 1.40. The van der Waals surface area contributed by atoms with Gasteiger partial charge in [-0.2, -0.15) is 0 Å². The molecule has 2 aliphatic heterocycles. The molecule has 2 aliphatic rings. The summed E-state index contributed by atoms with van der Waals surface area (Å²) in [6.07, 6.45) is 0.899. The molecule has 2 heterocycles. The number of carbonyl (C=O) groups is 1. The Morgan fingerprint density at radius 2 is 2.00 bits per heavy atom. The summed E-state index contributed by atoms with van der Waals surface area (Å²) in [6, 6.07) is 5.73. The highest BCUT2D eigenvalue weighted by Crippen LogP contribution is 2.25. The Morgan fingerprint density at radius 1 is 1.25 bits per heavy atom. The second-order valence-electron chi connectivity index (χ2n) is 6.97. The Kier molecular flexibility index (Phi) is 5.74. The lowest BCUT2D eigenvalue weighted by molar-refractivity contribution is 0.0933. The van der Waals surface area contributed by atoms with E-state index in [0.29, 0.717) is 5.92 Å². The number of likely N-dealkylation sites (N-methyl/N-ethyl adjacent to an activating group) is 1. The highest BCUT2D eigenvalue weighted by Gasteiger charge is 2.18. The van der Waals surface area contributed by atoms with E-state index in [-0.39, 0.29) is 5.91 Å². The molecule has 0 bridgehead atoms. The molecule has 24 heavy (non-hydrogen) atoms. The zero-order valence-electron chi connectivity index (χ0n) is 14.9. The molecule has 0 spiro atoms. The summed E-state index contributed by atoms with van der Waals surface area (Å²) in [6.45, 7) is 12.7. The highest BCUT2D eigenvalue weighted by molar-refractivity contribution is 5.94. The number of hydrogen-bond donors (Lipinski definition) is 1. The molecule has 1 N–H and O–H groups in total. The Morgan fingerprint density at radius 3 is 2.75 bits per heavy atom. The molecule has 1 fully saturated rings. The van der Waals surface area contributed by atoms with Crippen molar-refractivity contribution in [3.63, 3.8) is 0 Å². The van der Waals surface area contributed by atoms with E-state index in [1.807, 2.05) is 18.2 Å². The van der Waals surface area contributed by atoms with Crippen LogP contribution in [0.2, 0.25) is 0 Å². The first-order valence-electron chi connectivity index (χ1n) is 9.14. The number of nitrogens with zero attached hydrogens (tertiary/aromatic N) is 2. The van der Waals surface area contributed by atoms with Crippen molar-refractivity contribution in [1.29, 1.82) is 0 Å². The lowest BCUT2D eigenvalue weighted by Crippen LogP contribution is -2.48. The molecule has 1 amide bonds. The number of benzene rings is 1. The van der Waals surface area contributed by atoms with Gasteiger partial charge in [0.25, 0.3) is 5.91 Å². The fourth-order valence-corrected chi connectivity index (χ4v) is 3.49. The van der Waals surface area contributed by atoms with Gasteiger partial charge in [0.2, 0.25) is 0 Å². The molecule has 132 valence electrons. The summed E-state index contributed by atoms with van der Waals surface area (Å²) in [4.78, 5) is 17.3. The van der Waals surface area contributed by atoms with Crippen LogP contribution in [-0.2, 0) is 6.42 Å². The van der Waals surface area contributed by atoms with E-state index in [1.54, 1.807) is 0 Å². The first kappa shape index (κ1) is 17.2. The monoisotopic (exact) mass is 331 g/mol. The van der Waals surface area contributed by atoms with Crippen LogP contribution >= 0.6 is 0 Å². The van der Waals surface area contributed by atoms with Crippen molar-refractivity contribution >= 4 is 5.91 Å². The van der Waals surface area contributed by atoms with E-state index < -0.39 is 0 Å². The van der Waals surface area contributed by atoms with Crippen molar-refractivity contribution in [1.82, 2.24) is 15.1 Å². The fraction of sp³-hybridized carbons (Fsp3) is 0.632. The molecule has 3 rings (SSSR count). The predicted octanol–water partition coefficient (Wildman–Crippen LogP) is 1.62. The molecule has 1 aromatic carbocycles. The molecule has 0 aromatic heterocycles. The molecular weight excluding hydrogens is 302 g/mol. The third kappa shape index (κ3) is 4.28. The van der Waals surface area contributed by atoms with Crippen molar-refractivity contribution in [2.45, 2.75) is 20.3 Å². The highest BCUT2D eigenvalue weighted by atomic mass is 16.5. The van der Waals surface area contributed by atoms with Gasteiger partial charge in [0.1, 0.15) is 5.75 Å². The van der Waals surface area contributed by atoms with Gasteiger partial charge in [-0.1, -0.05) is 13.8 Å². The minimum atomic E-state index is 0.0207. The average molecular weight is 331 g/mol. The van der Waals surface area contributed by atoms with E-state index in [0.717, 1.165) is 75.7 Å². The van der Waals surface area contributed by atoms with Gasteiger partial charge < -0.3 is 19.9 Å². The quantitative estimate of drug-likeness (QED) is 0.860. The zero-order chi connectivity index (χ0) is 16.9. The Labute approximate surface area is 145 Å². The van der Waals surface area contributed by atoms with Crippen LogP contribution in [0.3, 0.4) is 0 Å². The fourth-order valence-electron chi connectivity index (χ4n) is 3.49. The molecule has 1 atom stereocenters. The van der Waals surface area contributed by atoms with Crippen molar-refractivity contribution in [2.24, 2.45) is 5.92 Å². The molecule has 0 radical (unpaired) electrons. The summed E-state index contributed by atoms with van der Waals surface area (Å²) in [5.41, 5.74) is 1.88. The van der Waals surface area contributed by atoms with Crippen molar-refractivity contribution in [2.75, 3.05) is 52.4 Å². The number of piperazine rings is 1. The molecule has 5 nitrogen and oxygen atoms in total. The van der Waals surface area contributed by atoms with Gasteiger partial charge in [0, 0.05) is 51.3 Å². The van der Waals surface area contributed by atoms with Crippen LogP contribution in [0.4, 0.5) is 0 Å². The SMILES string of the molecule is CCN1CCN(CC(C)CNC(=O)c2ccc3c(c2)CCO3)CC1. The number of nitrogens with one attached hydrogen (secondary N) is 1. The minimum Gasteiger partial charge on any atom is -0.493 e. The number of hydrogen-bond acceptors (Lipinski definition) is 4. The largest absolute Gasteiger partial charge is 0.493 e. The lowest BCUT2D eigenvalue weighted by Gasteiger charge is -2.35. The van der Waals surface area contributed by atoms with Crippen LogP contribution in [0.25, 0.3) is 0 Å². The molecule has 1 unspecified atom stereocenters. The van der Waals surface area contributed by atoms with E-state index in [4.69, 9.17) is 4.74 Å². The third-order valence-corrected chi connectivity index (χ3v) is 5.04. The van der Waals surface area contributed by atoms with E-state index in [2.05, 4.69) is 29.0 Å². The van der Waals surface area contributed by atoms with Crippen LogP contribution < -0.4 is 10.1 Å². The standard InChI is InChI=1S/C19H29N3O2/c1-3-21-7-9-22(10-8-21)14-15(2)13-20-19(23)17-4-5-18-16(12-17)6-11-24-18/h4-5,12,15H,3,6-11,13-14H2,1-2H3,(H,20,23). The first-order valence-corrected chi connectivity index (χ1v) is 9.14. The second kappa shape index (κ2) is 7.99. The van der Waals surface area contributed by atoms with Gasteiger partial charge in [0.05, 0.1) is 6.61 Å². The number of rotatable bonds is 6. The summed E-state index contributed by atoms with van der Waals surface area (Å²) in [7, 11) is 0. The van der Waals surface area contributed by atoms with E-state index >= 15 is 0 Å². The Bertz CT molecular complexity index is 568. The number of fused-ring (bicyclic) bond motifs is 1. The van der Waals surface area contributed by atoms with E-state index in [9.17, 15) is 4.79 Å². The normalized spacial score (nSPS) is 19.6. The van der Waals surface area contributed by atoms with Crippen molar-refractivity contribution in [3.05, 3.63) is 29.3 Å². The van der Waals surface area contributed by atoms with E-state index in [1.165, 1.54) is 0 Å². The molecule has 0 saturated carbocycles. The average Bonchev–Trinajstić information content (AvgIpc) is 3.08. The number of amides is 1. The van der Waals surface area contributed by atoms with Gasteiger partial charge in [-0.15, -0.1) is 0 Å². The summed E-state index contributed by atoms with van der Waals surface area (Å²) in [5, 5.41) is 3.08. The Balaban J connectivity index is 1.42. The summed E-state index contributed by atoms with van der Waals surface area (Å²) < 4.78 is 5.49. The van der Waals surface area contributed by atoms with Gasteiger partial charge in [0.15, 0.2) is 0 Å². The lowest BCUT2D eigenvalue weighted by atomic mass is 10.1. The van der Waals surface area contributed by atoms with Crippen LogP contribution in [0, 0.1) is 5.92 Å². The topological polar surface area (TPSA) is 44.8 Å². The van der Waals surface area contributed by atoms with Crippen molar-refractivity contribution in [3.8, 4) is 5.75 Å². The smallest absolute Gasteiger partial charge is 0.251 e. The van der Waals surface area contributed by atoms with Crippen LogP contribution in [0.1, 0.15) is 29.8 Å². The predicted molar refractivity (Wildman–Crippen MR) is 95.7 cm³/mol. The molecule has 1 saturated heterocycles. The maximum absolute atomic E-state index is 12.4. The first-order chi connectivity index (χ1) is 11.7. The van der Waals surface area contributed by atoms with Crippen molar-refractivity contribution < 1.29 is 9.53 Å². The molecule has 5 heteroatoms. The van der Waals surface area contributed by atoms with Crippen LogP contribution in [0.15, 0.2) is 18.2 Å². The Hall–Kier alpha value is -1.59. The van der Waals surface area contributed by atoms with Gasteiger partial charge >= 0.3 is 0 Å². The molecule has 0 aliphatic carbocycles. The zero-order valence-corrected chi connectivity index (χ0v) is 14.9. The van der Waals surface area contributed by atoms with Gasteiger partial charge in [-0.25, -0.2) is 0 Å².